The number of hydrogen-bond donors (Lipinski definition) is 2. The van der Waals surface area contributed by atoms with E-state index in [1.165, 1.54) is 5.39 Å². The molecule has 4 aromatic carbocycles. The van der Waals surface area contributed by atoms with Crippen molar-refractivity contribution < 1.29 is 0 Å². The molecule has 4 heterocycles. The summed E-state index contributed by atoms with van der Waals surface area (Å²) in [7, 11) is 0. The smallest absolute Gasteiger partial charge is 0.147 e. The van der Waals surface area contributed by atoms with Crippen LogP contribution in [0.15, 0.2) is 127 Å². The van der Waals surface area contributed by atoms with Gasteiger partial charge in [0.2, 0.25) is 0 Å². The van der Waals surface area contributed by atoms with Crippen LogP contribution in [0.1, 0.15) is 11.1 Å². The number of fused-ring (bicyclic) bond motifs is 5. The molecule has 0 saturated heterocycles. The monoisotopic (exact) mass is 514 g/mol. The number of benzene rings is 4. The van der Waals surface area contributed by atoms with Crippen molar-refractivity contribution in [2.24, 2.45) is 0 Å². The summed E-state index contributed by atoms with van der Waals surface area (Å²) in [6.07, 6.45) is 5.31. The van der Waals surface area contributed by atoms with Crippen LogP contribution in [-0.4, -0.2) is 21.5 Å². The molecule has 0 bridgehead atoms. The average Bonchev–Trinajstić information content (AvgIpc) is 3.46. The molecule has 2 N–H and O–H groups in total. The Morgan fingerprint density at radius 2 is 1.35 bits per heavy atom. The summed E-state index contributed by atoms with van der Waals surface area (Å²) in [5, 5.41) is 23.4. The lowest BCUT2D eigenvalue weighted by Crippen LogP contribution is -2.24. The van der Waals surface area contributed by atoms with Gasteiger partial charge in [-0.2, -0.15) is 0 Å². The Balaban J connectivity index is 1.47. The van der Waals surface area contributed by atoms with Crippen molar-refractivity contribution in [3.8, 4) is 0 Å². The van der Waals surface area contributed by atoms with Crippen LogP contribution in [-0.2, 0) is 0 Å². The first-order valence-corrected chi connectivity index (χ1v) is 13.1. The first-order chi connectivity index (χ1) is 19.7. The van der Waals surface area contributed by atoms with Crippen molar-refractivity contribution in [2.45, 2.75) is 0 Å². The van der Waals surface area contributed by atoms with Crippen molar-refractivity contribution in [3.63, 3.8) is 0 Å². The highest BCUT2D eigenvalue weighted by Gasteiger charge is 2.41. The summed E-state index contributed by atoms with van der Waals surface area (Å²) < 4.78 is 0. The van der Waals surface area contributed by atoms with Crippen LogP contribution in [0, 0.1) is 10.8 Å². The molecule has 0 atom stereocenters. The Bertz CT molecular complexity index is 2060. The SMILES string of the molecule is N=C1/C(=C2\C(=N)N(c3ccccc3)c3cnccc32)N(c2cc3ccccc3c3ccccc23)c2ncccc21. The Morgan fingerprint density at radius 3 is 2.20 bits per heavy atom. The maximum atomic E-state index is 9.49. The minimum absolute atomic E-state index is 0.303. The Hall–Kier alpha value is -5.62. The van der Waals surface area contributed by atoms with Crippen LogP contribution in [0.4, 0.5) is 22.9 Å². The fraction of sp³-hybridized carbons (Fsp3) is 0. The van der Waals surface area contributed by atoms with Gasteiger partial charge in [0.15, 0.2) is 0 Å². The van der Waals surface area contributed by atoms with E-state index in [1.807, 2.05) is 65.6 Å². The molecule has 0 saturated carbocycles. The molecular weight excluding hydrogens is 492 g/mol. The summed E-state index contributed by atoms with van der Waals surface area (Å²) in [6, 6.07) is 34.6. The van der Waals surface area contributed by atoms with Gasteiger partial charge in [-0.1, -0.05) is 66.7 Å². The van der Waals surface area contributed by atoms with Gasteiger partial charge >= 0.3 is 0 Å². The average molecular weight is 515 g/mol. The summed E-state index contributed by atoms with van der Waals surface area (Å²) >= 11 is 0. The molecule has 40 heavy (non-hydrogen) atoms. The summed E-state index contributed by atoms with van der Waals surface area (Å²) in [5.41, 5.74) is 5.90. The second kappa shape index (κ2) is 8.44. The van der Waals surface area contributed by atoms with Gasteiger partial charge in [0, 0.05) is 34.6 Å². The maximum Gasteiger partial charge on any atom is 0.147 e. The first-order valence-electron chi connectivity index (χ1n) is 13.1. The Labute approximate surface area is 230 Å². The number of nitrogens with zero attached hydrogens (tertiary/aromatic N) is 4. The summed E-state index contributed by atoms with van der Waals surface area (Å²) in [4.78, 5) is 13.2. The summed E-state index contributed by atoms with van der Waals surface area (Å²) in [6.45, 7) is 0. The minimum Gasteiger partial charge on any atom is -0.298 e. The second-order valence-corrected chi connectivity index (χ2v) is 9.88. The van der Waals surface area contributed by atoms with Crippen LogP contribution in [0.5, 0.6) is 0 Å². The van der Waals surface area contributed by atoms with Crippen molar-refractivity contribution in [1.29, 1.82) is 10.8 Å². The van der Waals surface area contributed by atoms with Gasteiger partial charge in [-0.05, 0) is 52.6 Å². The van der Waals surface area contributed by atoms with E-state index in [4.69, 9.17) is 4.98 Å². The number of aromatic nitrogens is 2. The highest BCUT2D eigenvalue weighted by Crippen LogP contribution is 2.50. The van der Waals surface area contributed by atoms with Crippen molar-refractivity contribution in [1.82, 2.24) is 9.97 Å². The lowest BCUT2D eigenvalue weighted by molar-refractivity contribution is 1.19. The molecule has 2 aliphatic heterocycles. The zero-order valence-corrected chi connectivity index (χ0v) is 21.3. The third kappa shape index (κ3) is 3.04. The molecule has 6 aromatic rings. The van der Waals surface area contributed by atoms with Gasteiger partial charge < -0.3 is 0 Å². The van der Waals surface area contributed by atoms with E-state index in [0.717, 1.165) is 44.3 Å². The molecule has 0 aliphatic carbocycles. The molecular formula is C34H22N6. The zero-order valence-electron chi connectivity index (χ0n) is 21.3. The van der Waals surface area contributed by atoms with E-state index in [2.05, 4.69) is 52.3 Å². The quantitative estimate of drug-likeness (QED) is 0.231. The van der Waals surface area contributed by atoms with E-state index in [1.54, 1.807) is 18.6 Å². The van der Waals surface area contributed by atoms with Crippen LogP contribution >= 0.6 is 0 Å². The fourth-order valence-corrected chi connectivity index (χ4v) is 6.03. The predicted octanol–water partition coefficient (Wildman–Crippen LogP) is 7.84. The highest BCUT2D eigenvalue weighted by atomic mass is 15.3. The Morgan fingerprint density at radius 1 is 0.600 bits per heavy atom. The topological polar surface area (TPSA) is 80.0 Å². The molecule has 0 radical (unpaired) electrons. The van der Waals surface area contributed by atoms with Crippen LogP contribution in [0.3, 0.4) is 0 Å². The van der Waals surface area contributed by atoms with Gasteiger partial charge in [-0.15, -0.1) is 0 Å². The maximum absolute atomic E-state index is 9.49. The van der Waals surface area contributed by atoms with Gasteiger partial charge in [0.25, 0.3) is 0 Å². The molecule has 0 amide bonds. The zero-order chi connectivity index (χ0) is 26.8. The number of para-hydroxylation sites is 1. The van der Waals surface area contributed by atoms with E-state index in [-0.39, 0.29) is 0 Å². The van der Waals surface area contributed by atoms with Crippen molar-refractivity contribution >= 4 is 61.5 Å². The number of allylic oxidation sites excluding steroid dienone is 1. The van der Waals surface area contributed by atoms with Crippen LogP contribution in [0.25, 0.3) is 27.1 Å². The van der Waals surface area contributed by atoms with E-state index in [0.29, 0.717) is 28.6 Å². The van der Waals surface area contributed by atoms with E-state index < -0.39 is 0 Å². The molecule has 0 spiro atoms. The van der Waals surface area contributed by atoms with E-state index in [9.17, 15) is 10.8 Å². The standard InChI is InChI=1S/C34H22N6/c35-31-27-15-8-17-38-34(27)40(28-19-21-9-4-5-12-23(21)24-13-6-7-14-25(24)28)32(31)30-26-16-18-37-20-29(26)39(33(30)36)22-10-2-1-3-11-22/h1-20,35-36H/b32-30+,35-31?,36-33?. The summed E-state index contributed by atoms with van der Waals surface area (Å²) in [5.74, 6) is 0.994. The van der Waals surface area contributed by atoms with Crippen molar-refractivity contribution in [2.75, 3.05) is 9.80 Å². The van der Waals surface area contributed by atoms with Crippen molar-refractivity contribution in [3.05, 3.63) is 139 Å². The van der Waals surface area contributed by atoms with Crippen LogP contribution < -0.4 is 9.80 Å². The van der Waals surface area contributed by atoms with Gasteiger partial charge in [-0.25, -0.2) is 4.98 Å². The predicted molar refractivity (Wildman–Crippen MR) is 162 cm³/mol. The number of nitrogens with one attached hydrogen (secondary N) is 2. The molecule has 8 rings (SSSR count). The first kappa shape index (κ1) is 22.4. The number of pyridine rings is 2. The third-order valence-corrected chi connectivity index (χ3v) is 7.74. The van der Waals surface area contributed by atoms with E-state index >= 15 is 0 Å². The fourth-order valence-electron chi connectivity index (χ4n) is 6.03. The molecule has 6 nitrogen and oxygen atoms in total. The normalized spacial score (nSPS) is 16.2. The van der Waals surface area contributed by atoms with Gasteiger partial charge in [0.1, 0.15) is 11.7 Å². The lowest BCUT2D eigenvalue weighted by Gasteiger charge is -2.25. The number of rotatable bonds is 2. The lowest BCUT2D eigenvalue weighted by atomic mass is 9.98. The molecule has 6 heteroatoms. The minimum atomic E-state index is 0.303. The Kier molecular flexibility index (Phi) is 4.72. The largest absolute Gasteiger partial charge is 0.298 e. The molecule has 0 fully saturated rings. The molecule has 0 unspecified atom stereocenters. The van der Waals surface area contributed by atoms with Crippen LogP contribution in [0.2, 0.25) is 0 Å². The molecule has 2 aromatic heterocycles. The molecule has 2 aliphatic rings. The number of anilines is 4. The third-order valence-electron chi connectivity index (χ3n) is 7.74. The number of hydrogen-bond acceptors (Lipinski definition) is 5. The van der Waals surface area contributed by atoms with Gasteiger partial charge in [-0.3, -0.25) is 25.6 Å². The molecule has 188 valence electrons. The number of amidine groups is 1. The van der Waals surface area contributed by atoms with Gasteiger partial charge in [0.05, 0.1) is 34.6 Å². The highest BCUT2D eigenvalue weighted by molar-refractivity contribution is 6.43. The second-order valence-electron chi connectivity index (χ2n) is 9.88.